The summed E-state index contributed by atoms with van der Waals surface area (Å²) < 4.78 is 5.46. The molecule has 2 aromatic carbocycles. The largest absolute Gasteiger partial charge is 0.476 e. The van der Waals surface area contributed by atoms with Crippen LogP contribution in [-0.4, -0.2) is 35.3 Å². The Morgan fingerprint density at radius 2 is 1.68 bits per heavy atom. The predicted molar refractivity (Wildman–Crippen MR) is 118 cm³/mol. The Labute approximate surface area is 184 Å². The summed E-state index contributed by atoms with van der Waals surface area (Å²) in [4.78, 5) is 27.2. The van der Waals surface area contributed by atoms with E-state index in [1.165, 1.54) is 17.2 Å². The van der Waals surface area contributed by atoms with E-state index in [1.807, 2.05) is 24.3 Å². The fourth-order valence-electron chi connectivity index (χ4n) is 3.73. The molecular formula is C24H19ClN2O4. The van der Waals surface area contributed by atoms with Crippen molar-refractivity contribution >= 4 is 29.7 Å². The maximum atomic E-state index is 12.2. The molecule has 1 aromatic heterocycles. The molecule has 1 aliphatic carbocycles. The van der Waals surface area contributed by atoms with Gasteiger partial charge >= 0.3 is 12.1 Å². The van der Waals surface area contributed by atoms with Crippen molar-refractivity contribution < 1.29 is 19.4 Å². The van der Waals surface area contributed by atoms with Crippen molar-refractivity contribution in [2.45, 2.75) is 5.92 Å². The molecule has 1 amide bonds. The number of nitrogens with one attached hydrogen (secondary N) is 1. The Morgan fingerprint density at radius 1 is 1.03 bits per heavy atom. The lowest BCUT2D eigenvalue weighted by Gasteiger charge is -2.14. The molecule has 0 atom stereocenters. The molecule has 0 spiro atoms. The SMILES string of the molecule is O=C(NCC=Cc1ccc(Cl)nc1C(=O)O)OCC1c2ccccc2-c2ccccc21. The Morgan fingerprint density at radius 3 is 2.32 bits per heavy atom. The number of carboxylic acids is 1. The zero-order valence-corrected chi connectivity index (χ0v) is 17.2. The minimum atomic E-state index is -1.17. The third-order valence-electron chi connectivity index (χ3n) is 5.10. The minimum Gasteiger partial charge on any atom is -0.476 e. The van der Waals surface area contributed by atoms with Crippen LogP contribution in [0.3, 0.4) is 0 Å². The van der Waals surface area contributed by atoms with Gasteiger partial charge in [-0.25, -0.2) is 14.6 Å². The van der Waals surface area contributed by atoms with Crippen LogP contribution in [0.25, 0.3) is 17.2 Å². The second-order valence-electron chi connectivity index (χ2n) is 6.99. The molecule has 1 heterocycles. The molecule has 156 valence electrons. The third kappa shape index (κ3) is 4.44. The van der Waals surface area contributed by atoms with Gasteiger partial charge in [0.15, 0.2) is 5.69 Å². The summed E-state index contributed by atoms with van der Waals surface area (Å²) in [6.07, 6.45) is 2.65. The standard InChI is InChI=1S/C24H19ClN2O4/c25-21-12-11-15(22(27-21)23(28)29)6-5-13-26-24(30)31-14-20-18-9-3-1-7-16(18)17-8-2-4-10-19(17)20/h1-12,20H,13-14H2,(H,26,30)(H,28,29). The average molecular weight is 435 g/mol. The number of hydrogen-bond donors (Lipinski definition) is 2. The quantitative estimate of drug-likeness (QED) is 0.534. The van der Waals surface area contributed by atoms with Crippen LogP contribution in [0.15, 0.2) is 66.7 Å². The van der Waals surface area contributed by atoms with Gasteiger partial charge in [-0.15, -0.1) is 0 Å². The van der Waals surface area contributed by atoms with Gasteiger partial charge in [-0.05, 0) is 34.4 Å². The van der Waals surface area contributed by atoms with Gasteiger partial charge in [0.05, 0.1) is 0 Å². The second kappa shape index (κ2) is 9.02. The first-order valence-electron chi connectivity index (χ1n) is 9.70. The Kier molecular flexibility index (Phi) is 6.00. The smallest absolute Gasteiger partial charge is 0.407 e. The lowest BCUT2D eigenvalue weighted by Crippen LogP contribution is -2.26. The highest BCUT2D eigenvalue weighted by atomic mass is 35.5. The van der Waals surface area contributed by atoms with Gasteiger partial charge < -0.3 is 15.2 Å². The highest BCUT2D eigenvalue weighted by Crippen LogP contribution is 2.44. The number of hydrogen-bond acceptors (Lipinski definition) is 4. The molecular weight excluding hydrogens is 416 g/mol. The molecule has 0 fully saturated rings. The van der Waals surface area contributed by atoms with E-state index in [2.05, 4.69) is 34.6 Å². The van der Waals surface area contributed by atoms with Gasteiger partial charge in [0.2, 0.25) is 0 Å². The lowest BCUT2D eigenvalue weighted by atomic mass is 9.98. The number of carbonyl (C=O) groups excluding carboxylic acids is 1. The van der Waals surface area contributed by atoms with Crippen molar-refractivity contribution in [2.24, 2.45) is 0 Å². The fourth-order valence-corrected chi connectivity index (χ4v) is 3.88. The van der Waals surface area contributed by atoms with E-state index < -0.39 is 12.1 Å². The number of benzene rings is 2. The zero-order chi connectivity index (χ0) is 21.8. The van der Waals surface area contributed by atoms with E-state index in [0.717, 1.165) is 11.1 Å². The van der Waals surface area contributed by atoms with Crippen molar-refractivity contribution in [1.82, 2.24) is 10.3 Å². The van der Waals surface area contributed by atoms with E-state index in [4.69, 9.17) is 16.3 Å². The number of amides is 1. The molecule has 31 heavy (non-hydrogen) atoms. The van der Waals surface area contributed by atoms with Crippen molar-refractivity contribution in [2.75, 3.05) is 13.2 Å². The number of aromatic carboxylic acids is 1. The third-order valence-corrected chi connectivity index (χ3v) is 5.31. The van der Waals surface area contributed by atoms with E-state index in [-0.39, 0.29) is 29.9 Å². The van der Waals surface area contributed by atoms with Crippen LogP contribution in [0.4, 0.5) is 4.79 Å². The first kappa shape index (κ1) is 20.6. The van der Waals surface area contributed by atoms with Gasteiger partial charge in [0, 0.05) is 18.0 Å². The Balaban J connectivity index is 1.35. The highest BCUT2D eigenvalue weighted by molar-refractivity contribution is 6.29. The van der Waals surface area contributed by atoms with Gasteiger partial charge in [-0.3, -0.25) is 0 Å². The normalized spacial score (nSPS) is 12.4. The van der Waals surface area contributed by atoms with Crippen LogP contribution >= 0.6 is 11.6 Å². The molecule has 0 bridgehead atoms. The van der Waals surface area contributed by atoms with Crippen LogP contribution in [0, 0.1) is 0 Å². The van der Waals surface area contributed by atoms with Crippen molar-refractivity contribution in [3.8, 4) is 11.1 Å². The summed E-state index contributed by atoms with van der Waals surface area (Å²) in [5.74, 6) is -1.18. The summed E-state index contributed by atoms with van der Waals surface area (Å²) in [6, 6.07) is 19.3. The van der Waals surface area contributed by atoms with Crippen molar-refractivity contribution in [1.29, 1.82) is 0 Å². The average Bonchev–Trinajstić information content (AvgIpc) is 3.10. The molecule has 6 nitrogen and oxygen atoms in total. The number of rotatable bonds is 6. The minimum absolute atomic E-state index is 0.00745. The summed E-state index contributed by atoms with van der Waals surface area (Å²) in [7, 11) is 0. The molecule has 0 unspecified atom stereocenters. The van der Waals surface area contributed by atoms with Crippen LogP contribution in [-0.2, 0) is 4.74 Å². The molecule has 3 aromatic rings. The zero-order valence-electron chi connectivity index (χ0n) is 16.4. The summed E-state index contributed by atoms with van der Waals surface area (Å²) >= 11 is 5.74. The number of aromatic nitrogens is 1. The van der Waals surface area contributed by atoms with Crippen LogP contribution in [0.1, 0.15) is 33.1 Å². The second-order valence-corrected chi connectivity index (χ2v) is 7.37. The molecule has 4 rings (SSSR count). The molecule has 1 aliphatic rings. The van der Waals surface area contributed by atoms with Gasteiger partial charge in [-0.2, -0.15) is 0 Å². The lowest BCUT2D eigenvalue weighted by molar-refractivity contribution is 0.0690. The van der Waals surface area contributed by atoms with Gasteiger partial charge in [0.1, 0.15) is 11.8 Å². The number of ether oxygens (including phenoxy) is 1. The number of nitrogens with zero attached hydrogens (tertiary/aromatic N) is 1. The fraction of sp³-hybridized carbons (Fsp3) is 0.125. The molecule has 0 saturated carbocycles. The summed E-state index contributed by atoms with van der Waals surface area (Å²) in [6.45, 7) is 0.409. The van der Waals surface area contributed by atoms with E-state index in [1.54, 1.807) is 18.2 Å². The number of halogens is 1. The monoisotopic (exact) mass is 434 g/mol. The van der Waals surface area contributed by atoms with E-state index in [9.17, 15) is 14.7 Å². The molecule has 2 N–H and O–H groups in total. The topological polar surface area (TPSA) is 88.5 Å². The molecule has 0 radical (unpaired) electrons. The van der Waals surface area contributed by atoms with E-state index >= 15 is 0 Å². The van der Waals surface area contributed by atoms with Gasteiger partial charge in [-0.1, -0.05) is 72.3 Å². The number of carbonyl (C=O) groups is 2. The van der Waals surface area contributed by atoms with Gasteiger partial charge in [0.25, 0.3) is 0 Å². The molecule has 7 heteroatoms. The van der Waals surface area contributed by atoms with Crippen LogP contribution < -0.4 is 5.32 Å². The first-order valence-corrected chi connectivity index (χ1v) is 10.1. The maximum Gasteiger partial charge on any atom is 0.407 e. The molecule has 0 saturated heterocycles. The maximum absolute atomic E-state index is 12.2. The summed E-state index contributed by atoms with van der Waals surface area (Å²) in [5.41, 5.74) is 4.87. The van der Waals surface area contributed by atoms with Crippen LogP contribution in [0.2, 0.25) is 5.15 Å². The number of pyridine rings is 1. The van der Waals surface area contributed by atoms with E-state index in [0.29, 0.717) is 5.56 Å². The summed E-state index contributed by atoms with van der Waals surface area (Å²) in [5, 5.41) is 11.9. The molecule has 0 aliphatic heterocycles. The van der Waals surface area contributed by atoms with Crippen molar-refractivity contribution in [3.63, 3.8) is 0 Å². The Bertz CT molecular complexity index is 1130. The highest BCUT2D eigenvalue weighted by Gasteiger charge is 2.28. The first-order chi connectivity index (χ1) is 15.0. The Hall–Kier alpha value is -3.64. The predicted octanol–water partition coefficient (Wildman–Crippen LogP) is 4.99. The number of fused-ring (bicyclic) bond motifs is 3. The number of alkyl carbamates (subject to hydrolysis) is 1. The number of carboxylic acid groups (broad SMARTS) is 1. The van der Waals surface area contributed by atoms with Crippen LogP contribution in [0.5, 0.6) is 0 Å². The van der Waals surface area contributed by atoms with Crippen molar-refractivity contribution in [3.05, 3.63) is 94.3 Å².